The molecule has 190 valence electrons. The van der Waals surface area contributed by atoms with Crippen molar-refractivity contribution in [3.8, 4) is 0 Å². The van der Waals surface area contributed by atoms with Gasteiger partial charge in [-0.25, -0.2) is 9.97 Å². The molecule has 5 rings (SSSR count). The summed E-state index contributed by atoms with van der Waals surface area (Å²) in [5.74, 6) is 0.879. The van der Waals surface area contributed by atoms with Gasteiger partial charge in [0.25, 0.3) is 5.91 Å². The fraction of sp³-hybridized carbons (Fsp3) is 0.435. The highest BCUT2D eigenvalue weighted by molar-refractivity contribution is 8.45. The Kier molecular flexibility index (Phi) is 5.23. The van der Waals surface area contributed by atoms with E-state index in [9.17, 15) is 24.2 Å². The molecular weight excluding hydrogens is 491 g/mol. The number of methoxy groups -OCH3 is 1. The summed E-state index contributed by atoms with van der Waals surface area (Å²) in [4.78, 5) is 24.9. The van der Waals surface area contributed by atoms with Gasteiger partial charge in [-0.15, -0.1) is 0 Å². The third kappa shape index (κ3) is 4.73. The lowest BCUT2D eigenvalue weighted by atomic mass is 9.82. The number of carbonyl (C=O) groups is 1. The summed E-state index contributed by atoms with van der Waals surface area (Å²) in [6, 6.07) is 4.12. The van der Waals surface area contributed by atoms with Crippen molar-refractivity contribution >= 4 is 27.3 Å². The third-order valence-electron chi connectivity index (χ3n) is 7.02. The second-order valence-electron chi connectivity index (χ2n) is 9.31. The lowest BCUT2D eigenvalue weighted by Gasteiger charge is -2.40. The number of ether oxygens (including phenoxy) is 1. The molecule has 3 aromatic rings. The first kappa shape index (κ1) is 24.0. The number of hydrogen-bond acceptors (Lipinski definition) is 4. The highest BCUT2D eigenvalue weighted by atomic mass is 32.5. The van der Waals surface area contributed by atoms with Crippen LogP contribution in [-0.4, -0.2) is 52.1 Å². The van der Waals surface area contributed by atoms with Crippen LogP contribution in [0.2, 0.25) is 0 Å². The van der Waals surface area contributed by atoms with Gasteiger partial charge in [0, 0.05) is 37.9 Å². The molecule has 1 saturated heterocycles. The van der Waals surface area contributed by atoms with Gasteiger partial charge in [0.05, 0.1) is 6.10 Å². The minimum atomic E-state index is -9.77. The topological polar surface area (TPSA) is 71.1 Å². The van der Waals surface area contributed by atoms with Gasteiger partial charge in [-0.2, -0.15) is 0 Å². The molecule has 1 aliphatic heterocycles. The Balaban J connectivity index is 1.27. The average molecular weight is 517 g/mol. The number of benzene rings is 1. The summed E-state index contributed by atoms with van der Waals surface area (Å²) in [5.41, 5.74) is 2.54. The van der Waals surface area contributed by atoms with E-state index >= 15 is 0 Å². The predicted octanol–water partition coefficient (Wildman–Crippen LogP) is 6.53. The molecule has 35 heavy (non-hydrogen) atoms. The molecule has 2 fully saturated rings. The number of nitrogens with zero attached hydrogens (tertiary/aromatic N) is 3. The first-order valence-electron chi connectivity index (χ1n) is 11.3. The molecule has 1 amide bonds. The van der Waals surface area contributed by atoms with Crippen LogP contribution in [0.5, 0.6) is 0 Å². The molecule has 0 bridgehead atoms. The summed E-state index contributed by atoms with van der Waals surface area (Å²) in [6.45, 7) is 0.790. The van der Waals surface area contributed by atoms with Gasteiger partial charge in [-0.05, 0) is 67.5 Å². The molecule has 0 radical (unpaired) electrons. The normalized spacial score (nSPS) is 23.5. The minimum Gasteiger partial charge on any atom is -0.381 e. The molecule has 0 unspecified atom stereocenters. The van der Waals surface area contributed by atoms with Crippen molar-refractivity contribution in [2.75, 3.05) is 20.2 Å². The van der Waals surface area contributed by atoms with Gasteiger partial charge >= 0.3 is 10.2 Å². The smallest absolute Gasteiger partial charge is 0.310 e. The number of imidazole rings is 1. The van der Waals surface area contributed by atoms with Crippen LogP contribution in [0.15, 0.2) is 41.4 Å². The van der Waals surface area contributed by atoms with Crippen molar-refractivity contribution in [1.82, 2.24) is 19.9 Å². The maximum absolute atomic E-state index is 12.9. The Morgan fingerprint density at radius 3 is 2.29 bits per heavy atom. The van der Waals surface area contributed by atoms with E-state index in [0.29, 0.717) is 31.8 Å². The summed E-state index contributed by atoms with van der Waals surface area (Å²) < 4.78 is 70.1. The SMILES string of the molecule is CO[C@H]1C[C@@H](c2nc3c(C4CCN(C(=O)c5ccc(S(F)(F)(F)(F)F)cc5)CC4)ccnc3[nH]2)C1. The number of hydrogen-bond donors (Lipinski definition) is 1. The molecule has 12 heteroatoms. The van der Waals surface area contributed by atoms with Gasteiger partial charge in [-0.1, -0.05) is 19.4 Å². The zero-order valence-corrected chi connectivity index (χ0v) is 19.7. The second kappa shape index (κ2) is 7.63. The third-order valence-corrected chi connectivity index (χ3v) is 8.18. The van der Waals surface area contributed by atoms with Crippen LogP contribution in [0.3, 0.4) is 0 Å². The van der Waals surface area contributed by atoms with E-state index in [4.69, 9.17) is 9.72 Å². The van der Waals surface area contributed by atoms with Crippen LogP contribution in [0.25, 0.3) is 11.2 Å². The molecule has 2 aliphatic rings. The number of likely N-dealkylation sites (tertiary alicyclic amines) is 1. The number of halogens is 5. The number of fused-ring (bicyclic) bond motifs is 1. The monoisotopic (exact) mass is 516 g/mol. The van der Waals surface area contributed by atoms with E-state index in [1.54, 1.807) is 18.2 Å². The molecule has 0 atom stereocenters. The molecule has 6 nitrogen and oxygen atoms in total. The van der Waals surface area contributed by atoms with Crippen molar-refractivity contribution in [3.05, 3.63) is 53.5 Å². The largest absolute Gasteiger partial charge is 0.381 e. The molecule has 1 N–H and O–H groups in total. The van der Waals surface area contributed by atoms with E-state index in [1.807, 2.05) is 6.07 Å². The van der Waals surface area contributed by atoms with Crippen LogP contribution in [0.1, 0.15) is 59.3 Å². The molecular formula is C23H25F5N4O2S. The summed E-state index contributed by atoms with van der Waals surface area (Å²) in [7, 11) is -8.06. The summed E-state index contributed by atoms with van der Waals surface area (Å²) >= 11 is 0. The number of aromatic amines is 1. The number of amides is 1. The van der Waals surface area contributed by atoms with Crippen LogP contribution >= 0.6 is 10.2 Å². The number of carbonyl (C=O) groups excluding carboxylic acids is 1. The average Bonchev–Trinajstić information content (AvgIpc) is 3.20. The Labute approximate surface area is 198 Å². The van der Waals surface area contributed by atoms with Crippen molar-refractivity contribution in [2.45, 2.75) is 48.5 Å². The fourth-order valence-electron chi connectivity index (χ4n) is 4.88. The molecule has 0 spiro atoms. The fourth-order valence-corrected chi connectivity index (χ4v) is 5.53. The van der Waals surface area contributed by atoms with Crippen molar-refractivity contribution < 1.29 is 29.0 Å². The molecule has 1 aliphatic carbocycles. The number of H-pyrrole nitrogens is 1. The number of rotatable bonds is 5. The number of aromatic nitrogens is 3. The van der Waals surface area contributed by atoms with Crippen LogP contribution in [0.4, 0.5) is 19.4 Å². The first-order valence-corrected chi connectivity index (χ1v) is 13.3. The van der Waals surface area contributed by atoms with E-state index in [1.165, 1.54) is 0 Å². The first-order chi connectivity index (χ1) is 16.3. The summed E-state index contributed by atoms with van der Waals surface area (Å²) in [6.07, 6.45) is 5.10. The molecule has 1 saturated carbocycles. The number of piperidine rings is 1. The van der Waals surface area contributed by atoms with E-state index in [0.717, 1.165) is 47.5 Å². The van der Waals surface area contributed by atoms with Gasteiger partial charge in [0.1, 0.15) is 16.2 Å². The second-order valence-corrected chi connectivity index (χ2v) is 11.7. The highest BCUT2D eigenvalue weighted by Crippen LogP contribution is 3.02. The van der Waals surface area contributed by atoms with E-state index in [-0.39, 0.29) is 29.7 Å². The van der Waals surface area contributed by atoms with Crippen molar-refractivity contribution in [1.29, 1.82) is 0 Å². The molecule has 3 heterocycles. The Bertz CT molecular complexity index is 1270. The van der Waals surface area contributed by atoms with Crippen LogP contribution in [0, 0.1) is 0 Å². The van der Waals surface area contributed by atoms with E-state index < -0.39 is 21.0 Å². The van der Waals surface area contributed by atoms with Crippen molar-refractivity contribution in [3.63, 3.8) is 0 Å². The number of nitrogens with one attached hydrogen (secondary N) is 1. The lowest BCUT2D eigenvalue weighted by molar-refractivity contribution is 0.0239. The Morgan fingerprint density at radius 1 is 1.03 bits per heavy atom. The zero-order valence-electron chi connectivity index (χ0n) is 18.9. The van der Waals surface area contributed by atoms with Crippen LogP contribution < -0.4 is 0 Å². The number of pyridine rings is 1. The van der Waals surface area contributed by atoms with Gasteiger partial charge in [-0.3, -0.25) is 4.79 Å². The Hall–Kier alpha value is -2.73. The maximum Gasteiger partial charge on any atom is 0.310 e. The molecule has 2 aromatic heterocycles. The zero-order chi connectivity index (χ0) is 25.1. The standard InChI is InChI=1S/C23H25F5N4O2S/c1-34-17-12-16(13-17)21-30-20-19(6-9-29-22(20)31-21)14-7-10-32(11-8-14)23(33)15-2-4-18(5-3-15)35(24,25,26,27)28/h2-6,9,14,16-17H,7-8,10-13H2,1H3,(H,29,30,31)/t16-,17+. The maximum atomic E-state index is 12.9. The quantitative estimate of drug-likeness (QED) is 0.392. The van der Waals surface area contributed by atoms with Gasteiger partial charge in [0.2, 0.25) is 0 Å². The van der Waals surface area contributed by atoms with Gasteiger partial charge < -0.3 is 14.6 Å². The lowest BCUT2D eigenvalue weighted by Crippen LogP contribution is -2.38. The van der Waals surface area contributed by atoms with Gasteiger partial charge in [0.15, 0.2) is 5.65 Å². The predicted molar refractivity (Wildman–Crippen MR) is 122 cm³/mol. The molecule has 1 aromatic carbocycles. The Morgan fingerprint density at radius 2 is 1.69 bits per heavy atom. The van der Waals surface area contributed by atoms with Crippen molar-refractivity contribution in [2.24, 2.45) is 0 Å². The van der Waals surface area contributed by atoms with Crippen LogP contribution in [-0.2, 0) is 4.74 Å². The summed E-state index contributed by atoms with van der Waals surface area (Å²) in [5, 5.41) is 0. The van der Waals surface area contributed by atoms with E-state index in [2.05, 4.69) is 9.97 Å². The minimum absolute atomic E-state index is 0.0489. The highest BCUT2D eigenvalue weighted by Gasteiger charge is 2.65.